The number of likely N-dealkylation sites (N-methyl/N-ethyl adjacent to an activating group) is 1. The molecule has 3 heterocycles. The summed E-state index contributed by atoms with van der Waals surface area (Å²) >= 11 is 6.54. The van der Waals surface area contributed by atoms with Gasteiger partial charge in [0.25, 0.3) is 0 Å². The molecule has 9 heteroatoms. The lowest BCUT2D eigenvalue weighted by molar-refractivity contribution is 0.0769. The third-order valence-electron chi connectivity index (χ3n) is 7.86. The van der Waals surface area contributed by atoms with Crippen molar-refractivity contribution in [3.8, 4) is 5.75 Å². The second-order valence-corrected chi connectivity index (χ2v) is 11.1. The van der Waals surface area contributed by atoms with Crippen molar-refractivity contribution in [3.05, 3.63) is 89.0 Å². The first kappa shape index (κ1) is 26.9. The van der Waals surface area contributed by atoms with E-state index in [0.717, 1.165) is 73.8 Å². The summed E-state index contributed by atoms with van der Waals surface area (Å²) < 4.78 is 19.3. The van der Waals surface area contributed by atoms with Crippen molar-refractivity contribution in [1.29, 1.82) is 0 Å². The monoisotopic (exact) mass is 560 g/mol. The number of hydrogen-bond donors (Lipinski definition) is 1. The zero-order valence-electron chi connectivity index (χ0n) is 22.7. The number of hydrogen-bond acceptors (Lipinski definition) is 7. The van der Waals surface area contributed by atoms with Crippen molar-refractivity contribution >= 4 is 34.0 Å². The smallest absolute Gasteiger partial charge is 0.141 e. The lowest BCUT2D eigenvalue weighted by Crippen LogP contribution is -2.48. The van der Waals surface area contributed by atoms with E-state index < -0.39 is 0 Å². The highest BCUT2D eigenvalue weighted by Crippen LogP contribution is 2.35. The van der Waals surface area contributed by atoms with E-state index in [-0.39, 0.29) is 12.4 Å². The Bertz CT molecular complexity index is 1480. The Morgan fingerprint density at radius 3 is 2.70 bits per heavy atom. The molecule has 2 aliphatic heterocycles. The molecule has 2 fully saturated rings. The molecular formula is C31H34ClFN6O. The predicted octanol–water partition coefficient (Wildman–Crippen LogP) is 6.09. The van der Waals surface area contributed by atoms with Gasteiger partial charge in [0.1, 0.15) is 30.3 Å². The molecule has 4 aromatic rings. The molecule has 1 atom stereocenters. The average molecular weight is 561 g/mol. The summed E-state index contributed by atoms with van der Waals surface area (Å²) in [5, 5.41) is 4.87. The predicted molar refractivity (Wildman–Crippen MR) is 158 cm³/mol. The molecular weight excluding hydrogens is 527 g/mol. The summed E-state index contributed by atoms with van der Waals surface area (Å²) in [4.78, 5) is 16.7. The molecule has 0 aliphatic carbocycles. The molecule has 208 valence electrons. The van der Waals surface area contributed by atoms with Gasteiger partial charge < -0.3 is 15.0 Å². The molecule has 0 spiro atoms. The number of piperazine rings is 1. The lowest BCUT2D eigenvalue weighted by Gasteiger charge is -2.36. The van der Waals surface area contributed by atoms with E-state index in [1.54, 1.807) is 12.4 Å². The van der Waals surface area contributed by atoms with Crippen LogP contribution in [0.4, 0.5) is 15.9 Å². The fourth-order valence-corrected chi connectivity index (χ4v) is 5.86. The Balaban J connectivity index is 1.17. The van der Waals surface area contributed by atoms with Crippen molar-refractivity contribution in [3.63, 3.8) is 0 Å². The Labute approximate surface area is 239 Å². The summed E-state index contributed by atoms with van der Waals surface area (Å²) in [7, 11) is 2.20. The van der Waals surface area contributed by atoms with Crippen LogP contribution in [0.15, 0.2) is 67.0 Å². The molecule has 7 nitrogen and oxygen atoms in total. The Kier molecular flexibility index (Phi) is 8.11. The molecule has 2 saturated heterocycles. The van der Waals surface area contributed by atoms with Crippen LogP contribution in [0, 0.1) is 5.82 Å². The van der Waals surface area contributed by atoms with Crippen LogP contribution in [0.1, 0.15) is 30.0 Å². The first-order valence-electron chi connectivity index (χ1n) is 13.9. The number of fused-ring (bicyclic) bond motifs is 1. The van der Waals surface area contributed by atoms with Gasteiger partial charge in [0.15, 0.2) is 0 Å². The molecule has 0 bridgehead atoms. The molecule has 1 N–H and O–H groups in total. The van der Waals surface area contributed by atoms with Crippen LogP contribution in [-0.4, -0.2) is 71.1 Å². The van der Waals surface area contributed by atoms with Gasteiger partial charge in [-0.25, -0.2) is 14.4 Å². The zero-order chi connectivity index (χ0) is 27.5. The number of anilines is 2. The fraction of sp³-hybridized carbons (Fsp3) is 0.355. The van der Waals surface area contributed by atoms with Crippen LogP contribution >= 0.6 is 11.6 Å². The molecule has 1 unspecified atom stereocenters. The maximum Gasteiger partial charge on any atom is 0.141 e. The quantitative estimate of drug-likeness (QED) is 0.280. The highest BCUT2D eigenvalue weighted by atomic mass is 35.5. The number of nitrogens with zero attached hydrogens (tertiary/aromatic N) is 5. The molecule has 40 heavy (non-hydrogen) atoms. The van der Waals surface area contributed by atoms with Crippen molar-refractivity contribution in [2.45, 2.75) is 25.5 Å². The van der Waals surface area contributed by atoms with Crippen molar-refractivity contribution in [2.24, 2.45) is 0 Å². The van der Waals surface area contributed by atoms with Crippen molar-refractivity contribution < 1.29 is 9.13 Å². The van der Waals surface area contributed by atoms with E-state index in [0.29, 0.717) is 16.8 Å². The van der Waals surface area contributed by atoms with E-state index in [9.17, 15) is 4.39 Å². The molecule has 6 rings (SSSR count). The highest BCUT2D eigenvalue weighted by Gasteiger charge is 2.28. The van der Waals surface area contributed by atoms with Gasteiger partial charge in [0.05, 0.1) is 17.2 Å². The number of likely N-dealkylation sites (tertiary alicyclic amines) is 1. The van der Waals surface area contributed by atoms with E-state index in [1.165, 1.54) is 24.1 Å². The fourth-order valence-electron chi connectivity index (χ4n) is 5.62. The Morgan fingerprint density at radius 1 is 1.00 bits per heavy atom. The Morgan fingerprint density at radius 2 is 1.88 bits per heavy atom. The van der Waals surface area contributed by atoms with Gasteiger partial charge in [-0.05, 0) is 73.5 Å². The number of rotatable bonds is 8. The van der Waals surface area contributed by atoms with E-state index >= 15 is 0 Å². The number of nitrogens with one attached hydrogen (secondary N) is 1. The van der Waals surface area contributed by atoms with Crippen LogP contribution < -0.4 is 10.1 Å². The molecule has 0 saturated carbocycles. The third-order valence-corrected chi connectivity index (χ3v) is 8.16. The van der Waals surface area contributed by atoms with Crippen molar-refractivity contribution in [1.82, 2.24) is 24.7 Å². The first-order chi connectivity index (χ1) is 19.5. The summed E-state index contributed by atoms with van der Waals surface area (Å²) in [5.74, 6) is 0.982. The molecule has 0 radical (unpaired) electrons. The van der Waals surface area contributed by atoms with Gasteiger partial charge in [-0.2, -0.15) is 0 Å². The lowest BCUT2D eigenvalue weighted by atomic mass is 10.0. The second-order valence-electron chi connectivity index (χ2n) is 10.7. The molecule has 1 aromatic heterocycles. The molecule has 2 aliphatic rings. The Hall–Kier alpha value is -3.30. The van der Waals surface area contributed by atoms with Gasteiger partial charge in [-0.3, -0.25) is 9.80 Å². The summed E-state index contributed by atoms with van der Waals surface area (Å²) in [5.41, 5.74) is 3.74. The highest BCUT2D eigenvalue weighted by molar-refractivity contribution is 6.32. The first-order valence-corrected chi connectivity index (χ1v) is 14.2. The number of aromatic nitrogens is 2. The SMILES string of the molecule is CN1CCN(CN2CCCC2c2ccc3ncnc(Nc4ccc(OCc5cccc(F)c5)c(Cl)c4)c3c2)CC1. The van der Waals surface area contributed by atoms with Crippen LogP contribution in [0.25, 0.3) is 10.9 Å². The summed E-state index contributed by atoms with van der Waals surface area (Å²) in [6.45, 7) is 6.87. The molecule has 3 aromatic carbocycles. The van der Waals surface area contributed by atoms with Crippen molar-refractivity contribution in [2.75, 3.05) is 51.8 Å². The van der Waals surface area contributed by atoms with Crippen LogP contribution in [0.3, 0.4) is 0 Å². The topological polar surface area (TPSA) is 56.8 Å². The van der Waals surface area contributed by atoms with Crippen LogP contribution in [0.5, 0.6) is 5.75 Å². The van der Waals surface area contributed by atoms with E-state index in [2.05, 4.69) is 55.2 Å². The summed E-state index contributed by atoms with van der Waals surface area (Å²) in [6.07, 6.45) is 3.94. The summed E-state index contributed by atoms with van der Waals surface area (Å²) in [6, 6.07) is 18.8. The zero-order valence-corrected chi connectivity index (χ0v) is 23.4. The van der Waals surface area contributed by atoms with Gasteiger partial charge >= 0.3 is 0 Å². The standard InChI is InChI=1S/C31H34ClFN6O/c1-37-12-14-38(15-13-37)21-39-11-3-6-29(39)23-7-9-28-26(17-23)31(35-20-34-28)36-25-8-10-30(27(32)18-25)40-19-22-4-2-5-24(33)16-22/h2,4-5,7-10,16-18,20,29H,3,6,11-15,19,21H2,1H3,(H,34,35,36). The number of ether oxygens (including phenoxy) is 1. The number of benzene rings is 3. The third kappa shape index (κ3) is 6.20. The number of halogens is 2. The van der Waals surface area contributed by atoms with E-state index in [1.807, 2.05) is 24.3 Å². The normalized spacial score (nSPS) is 18.8. The minimum atomic E-state index is -0.289. The molecule has 0 amide bonds. The van der Waals surface area contributed by atoms with Crippen LogP contribution in [-0.2, 0) is 6.61 Å². The minimum Gasteiger partial charge on any atom is -0.487 e. The van der Waals surface area contributed by atoms with E-state index in [4.69, 9.17) is 16.3 Å². The van der Waals surface area contributed by atoms with Gasteiger partial charge in [0.2, 0.25) is 0 Å². The minimum absolute atomic E-state index is 0.233. The van der Waals surface area contributed by atoms with Gasteiger partial charge in [-0.1, -0.05) is 29.8 Å². The maximum atomic E-state index is 13.5. The maximum absolute atomic E-state index is 13.5. The van der Waals surface area contributed by atoms with Gasteiger partial charge in [0, 0.05) is 49.8 Å². The van der Waals surface area contributed by atoms with Crippen LogP contribution in [0.2, 0.25) is 5.02 Å². The second kappa shape index (κ2) is 12.1. The largest absolute Gasteiger partial charge is 0.487 e. The average Bonchev–Trinajstić information content (AvgIpc) is 3.42. The van der Waals surface area contributed by atoms with Gasteiger partial charge in [-0.15, -0.1) is 0 Å².